The fourth-order valence-electron chi connectivity index (χ4n) is 4.84. The number of hydrogen-bond acceptors (Lipinski definition) is 13. The summed E-state index contributed by atoms with van der Waals surface area (Å²) in [5.74, 6) is 0. The van der Waals surface area contributed by atoms with E-state index in [1.807, 2.05) is 4.98 Å². The van der Waals surface area contributed by atoms with Crippen LogP contribution in [0.5, 0.6) is 0 Å². The minimum atomic E-state index is -4.82. The van der Waals surface area contributed by atoms with Crippen LogP contribution in [0, 0.1) is 6.92 Å². The molecule has 222 valence electrons. The van der Waals surface area contributed by atoms with E-state index in [4.69, 9.17) is 39.4 Å². The van der Waals surface area contributed by atoms with E-state index in [1.165, 1.54) is 12.7 Å². The van der Waals surface area contributed by atoms with Crippen LogP contribution < -0.4 is 11.2 Å². The predicted octanol–water partition coefficient (Wildman–Crippen LogP) is 0.342. The second-order valence-electron chi connectivity index (χ2n) is 9.42. The minimum absolute atomic E-state index is 0.0257. The van der Waals surface area contributed by atoms with Crippen molar-refractivity contribution in [2.75, 3.05) is 13.2 Å². The number of imidazole rings is 1. The van der Waals surface area contributed by atoms with E-state index in [0.29, 0.717) is 16.9 Å². The number of aryl methyl sites for hydroxylation is 1. The van der Waals surface area contributed by atoms with Crippen LogP contribution in [-0.2, 0) is 43.9 Å². The molecule has 3 aliphatic rings. The first-order valence-corrected chi connectivity index (χ1v) is 16.2. The van der Waals surface area contributed by atoms with Crippen molar-refractivity contribution in [1.82, 2.24) is 29.1 Å². The van der Waals surface area contributed by atoms with Crippen molar-refractivity contribution >= 4 is 37.5 Å². The van der Waals surface area contributed by atoms with Crippen LogP contribution in [-0.4, -0.2) is 82.7 Å². The summed E-state index contributed by atoms with van der Waals surface area (Å²) in [7, 11) is -4.82. The molecule has 2 unspecified atom stereocenters. The van der Waals surface area contributed by atoms with Gasteiger partial charge in [-0.3, -0.25) is 32.5 Å². The van der Waals surface area contributed by atoms with Crippen molar-refractivity contribution in [1.29, 1.82) is 0 Å². The summed E-state index contributed by atoms with van der Waals surface area (Å²) >= 11 is 5.10. The van der Waals surface area contributed by atoms with Gasteiger partial charge in [0.05, 0.1) is 25.2 Å². The molecule has 3 saturated heterocycles. The molecule has 17 nitrogen and oxygen atoms in total. The van der Waals surface area contributed by atoms with Gasteiger partial charge in [0.1, 0.15) is 42.5 Å². The highest BCUT2D eigenvalue weighted by Crippen LogP contribution is 2.54. The number of nitrogens with zero attached hydrogens (tertiary/aromatic N) is 5. The third kappa shape index (κ3) is 5.72. The third-order valence-electron chi connectivity index (χ3n) is 6.75. The topological polar surface area (TPSA) is 211 Å². The number of alkyl halides is 1. The smallest absolute Gasteiger partial charge is 0.349 e. The first kappa shape index (κ1) is 28.8. The van der Waals surface area contributed by atoms with Crippen molar-refractivity contribution in [2.24, 2.45) is 0 Å². The van der Waals surface area contributed by atoms with Gasteiger partial charge in [-0.1, -0.05) is 0 Å². The zero-order valence-corrected chi connectivity index (χ0v) is 23.6. The quantitative estimate of drug-likeness (QED) is 0.324. The molecule has 41 heavy (non-hydrogen) atoms. The van der Waals surface area contributed by atoms with Crippen LogP contribution in [0.1, 0.15) is 24.6 Å². The van der Waals surface area contributed by atoms with Gasteiger partial charge in [-0.05, 0) is 18.7 Å². The van der Waals surface area contributed by atoms with E-state index < -0.39 is 82.0 Å². The molecule has 21 heteroatoms. The molecule has 3 N–H and O–H groups in total. The Morgan fingerprint density at radius 1 is 1.07 bits per heavy atom. The molecule has 0 aromatic carbocycles. The Bertz CT molecular complexity index is 1690. The van der Waals surface area contributed by atoms with Gasteiger partial charge in [-0.2, -0.15) is 0 Å². The number of aromatic nitrogens is 6. The zero-order chi connectivity index (χ0) is 29.1. The number of halogens is 1. The maximum absolute atomic E-state index is 15.6. The fraction of sp³-hybridized carbons (Fsp3) is 0.550. The molecule has 9 atom stereocenters. The maximum Gasteiger partial charge on any atom is 0.472 e. The third-order valence-corrected chi connectivity index (χ3v) is 9.32. The minimum Gasteiger partial charge on any atom is -0.349 e. The molecule has 0 saturated carbocycles. The highest BCUT2D eigenvalue weighted by molar-refractivity contribution is 8.07. The number of H-pyrrole nitrogens is 1. The number of phosphoric acid groups is 1. The van der Waals surface area contributed by atoms with Gasteiger partial charge in [0, 0.05) is 18.7 Å². The summed E-state index contributed by atoms with van der Waals surface area (Å²) in [6, 6.07) is 0.974. The van der Waals surface area contributed by atoms with Crippen LogP contribution in [0.15, 0.2) is 34.5 Å². The maximum atomic E-state index is 15.6. The molecule has 0 bridgehead atoms. The molecule has 0 radical (unpaired) electrons. The molecule has 6 heterocycles. The second kappa shape index (κ2) is 10.8. The second-order valence-corrected chi connectivity index (χ2v) is 13.6. The van der Waals surface area contributed by atoms with Crippen LogP contribution >= 0.6 is 14.5 Å². The van der Waals surface area contributed by atoms with Gasteiger partial charge < -0.3 is 23.8 Å². The Labute approximate surface area is 234 Å². The molecular formula is C20H23FN6O11P2S. The highest BCUT2D eigenvalue weighted by Gasteiger charge is 2.51. The Hall–Kier alpha value is -2.28. The monoisotopic (exact) mass is 636 g/mol. The number of rotatable bonds is 2. The molecule has 0 amide bonds. The van der Waals surface area contributed by atoms with Crippen LogP contribution in [0.3, 0.4) is 0 Å². The van der Waals surface area contributed by atoms with Gasteiger partial charge in [0.2, 0.25) is 0 Å². The van der Waals surface area contributed by atoms with Gasteiger partial charge in [0.25, 0.3) is 5.56 Å². The lowest BCUT2D eigenvalue weighted by atomic mass is 10.1. The van der Waals surface area contributed by atoms with Crippen molar-refractivity contribution in [3.8, 4) is 0 Å². The lowest BCUT2D eigenvalue weighted by Crippen LogP contribution is -2.37. The molecular weight excluding hydrogens is 613 g/mol. The molecule has 3 aromatic rings. The van der Waals surface area contributed by atoms with E-state index in [0.717, 1.165) is 16.8 Å². The molecule has 3 fully saturated rings. The summed E-state index contributed by atoms with van der Waals surface area (Å²) in [4.78, 5) is 59.5. The number of ether oxygens (including phenoxy) is 2. The van der Waals surface area contributed by atoms with Gasteiger partial charge >= 0.3 is 20.2 Å². The number of nitrogens with one attached hydrogen (secondary N) is 1. The van der Waals surface area contributed by atoms with Crippen LogP contribution in [0.25, 0.3) is 11.2 Å². The van der Waals surface area contributed by atoms with E-state index in [9.17, 15) is 23.9 Å². The molecule has 6 rings (SSSR count). The van der Waals surface area contributed by atoms with Crippen LogP contribution in [0.4, 0.5) is 4.39 Å². The molecule has 0 spiro atoms. The fourth-order valence-corrected chi connectivity index (χ4v) is 7.24. The lowest BCUT2D eigenvalue weighted by molar-refractivity contribution is -0.0636. The Balaban J connectivity index is 1.25. The summed E-state index contributed by atoms with van der Waals surface area (Å²) in [5, 5.41) is 0. The van der Waals surface area contributed by atoms with Crippen LogP contribution in [0.2, 0.25) is 0 Å². The summed E-state index contributed by atoms with van der Waals surface area (Å²) < 4.78 is 63.9. The number of hydrogen-bond donors (Lipinski definition) is 3. The molecule has 3 aromatic heterocycles. The standard InChI is InChI=1S/C20H23FN6O11P2S/c1-9-16-18(23-7-22-9)27(8-24-16)14-4-10-11(35-14)5-34-40(32,41)38-17-12(6-33-39(30,31)37-10)36-19(15(17)21)26-3-2-13(28)25-20(26)29/h2-3,7-8,10-12,14-15,17,19H,4-6H2,1H3,(H,30,31)(H,32,41)(H,25,28,29)/t10-,11+,12+,14+,15+,17+,19+,40?/m0/s1. The number of phosphoric ester groups is 1. The van der Waals surface area contributed by atoms with Crippen molar-refractivity contribution in [3.63, 3.8) is 0 Å². The Kier molecular flexibility index (Phi) is 7.57. The van der Waals surface area contributed by atoms with E-state index in [1.54, 1.807) is 11.5 Å². The average Bonchev–Trinajstić information content (AvgIpc) is 3.58. The average molecular weight is 636 g/mol. The lowest BCUT2D eigenvalue weighted by Gasteiger charge is -2.28. The highest BCUT2D eigenvalue weighted by atomic mass is 32.5. The summed E-state index contributed by atoms with van der Waals surface area (Å²) in [6.45, 7) is -3.65. The Morgan fingerprint density at radius 2 is 1.85 bits per heavy atom. The van der Waals surface area contributed by atoms with Gasteiger partial charge in [0.15, 0.2) is 18.0 Å². The number of fused-ring (bicyclic) bond motifs is 3. The van der Waals surface area contributed by atoms with E-state index in [-0.39, 0.29) is 6.42 Å². The number of aromatic amines is 1. The zero-order valence-electron chi connectivity index (χ0n) is 21.0. The van der Waals surface area contributed by atoms with Gasteiger partial charge in [-0.15, -0.1) is 0 Å². The van der Waals surface area contributed by atoms with E-state index >= 15 is 4.39 Å². The van der Waals surface area contributed by atoms with Crippen molar-refractivity contribution in [2.45, 2.75) is 56.4 Å². The molecule has 3 aliphatic heterocycles. The van der Waals surface area contributed by atoms with Crippen molar-refractivity contribution < 1.29 is 46.3 Å². The van der Waals surface area contributed by atoms with Crippen molar-refractivity contribution in [3.05, 3.63) is 51.4 Å². The predicted molar refractivity (Wildman–Crippen MR) is 137 cm³/mol. The largest absolute Gasteiger partial charge is 0.472 e. The van der Waals surface area contributed by atoms with E-state index in [2.05, 4.69) is 15.0 Å². The normalized spacial score (nSPS) is 38.2. The SMILES string of the molecule is Cc1ncnc2c1ncn2[C@H]1C[C@@H]2OP(=O)(O)OC[C@H]3O[C@@H](n4ccc(=O)[nH]c4=O)[C@H](F)[C@@H]3OP(O)(=S)OC[C@H]2O1. The summed E-state index contributed by atoms with van der Waals surface area (Å²) in [5.41, 5.74) is -0.0796. The van der Waals surface area contributed by atoms with Gasteiger partial charge in [-0.25, -0.2) is 28.7 Å². The Morgan fingerprint density at radius 3 is 2.63 bits per heavy atom. The first-order valence-electron chi connectivity index (χ1n) is 12.1. The first-order chi connectivity index (χ1) is 19.4. The molecule has 0 aliphatic carbocycles. The summed E-state index contributed by atoms with van der Waals surface area (Å²) in [6.07, 6.45) is -5.99.